The van der Waals surface area contributed by atoms with E-state index in [9.17, 15) is 4.79 Å². The second kappa shape index (κ2) is 4.72. The van der Waals surface area contributed by atoms with E-state index in [-0.39, 0.29) is 23.3 Å². The minimum atomic E-state index is 0.150. The van der Waals surface area contributed by atoms with Crippen LogP contribution in [-0.2, 0) is 4.79 Å². The average Bonchev–Trinajstić information content (AvgIpc) is 2.85. The number of fused-ring (bicyclic) bond motifs is 2. The number of nitrogens with two attached hydrogens (primary N) is 1. The van der Waals surface area contributed by atoms with Crippen LogP contribution < -0.4 is 11.1 Å². The molecule has 1 amide bonds. The summed E-state index contributed by atoms with van der Waals surface area (Å²) in [6.45, 7) is 7.07. The molecule has 0 spiro atoms. The Morgan fingerprint density at radius 2 is 1.95 bits per heavy atom. The quantitative estimate of drug-likeness (QED) is 0.816. The van der Waals surface area contributed by atoms with Gasteiger partial charge in [-0.25, -0.2) is 0 Å². The fourth-order valence-corrected chi connectivity index (χ4v) is 5.39. The van der Waals surface area contributed by atoms with Crippen molar-refractivity contribution < 1.29 is 4.79 Å². The van der Waals surface area contributed by atoms with Gasteiger partial charge >= 0.3 is 0 Å². The molecule has 3 saturated carbocycles. The molecule has 5 atom stereocenters. The molecule has 3 rings (SSSR count). The topological polar surface area (TPSA) is 55.1 Å². The lowest BCUT2D eigenvalue weighted by Crippen LogP contribution is -2.54. The maximum Gasteiger partial charge on any atom is 0.223 e. The zero-order valence-electron chi connectivity index (χ0n) is 13.2. The van der Waals surface area contributed by atoms with Crippen molar-refractivity contribution in [3.63, 3.8) is 0 Å². The van der Waals surface area contributed by atoms with Gasteiger partial charge in [0.15, 0.2) is 0 Å². The molecule has 3 aliphatic carbocycles. The average molecular weight is 278 g/mol. The van der Waals surface area contributed by atoms with Crippen LogP contribution >= 0.6 is 0 Å². The molecule has 0 radical (unpaired) electrons. The molecule has 0 aliphatic heterocycles. The number of hydrogen-bond donors (Lipinski definition) is 2. The maximum absolute atomic E-state index is 12.6. The Hall–Kier alpha value is -0.570. The van der Waals surface area contributed by atoms with Crippen molar-refractivity contribution in [1.29, 1.82) is 0 Å². The second-order valence-corrected chi connectivity index (χ2v) is 8.48. The molecule has 3 aliphatic rings. The highest BCUT2D eigenvalue weighted by Gasteiger charge is 2.59. The first-order valence-electron chi connectivity index (χ1n) is 8.39. The predicted octanol–water partition coefficient (Wildman–Crippen LogP) is 2.83. The van der Waals surface area contributed by atoms with Crippen LogP contribution in [0.4, 0.5) is 0 Å². The molecule has 3 N–H and O–H groups in total. The van der Waals surface area contributed by atoms with Gasteiger partial charge in [-0.15, -0.1) is 0 Å². The smallest absolute Gasteiger partial charge is 0.223 e. The van der Waals surface area contributed by atoms with Crippen molar-refractivity contribution in [3.8, 4) is 0 Å². The van der Waals surface area contributed by atoms with Crippen LogP contribution in [0.3, 0.4) is 0 Å². The molecule has 20 heavy (non-hydrogen) atoms. The Morgan fingerprint density at radius 1 is 1.20 bits per heavy atom. The summed E-state index contributed by atoms with van der Waals surface area (Å²) in [5.74, 6) is 1.20. The molecule has 5 unspecified atom stereocenters. The highest BCUT2D eigenvalue weighted by Crippen LogP contribution is 2.62. The van der Waals surface area contributed by atoms with Crippen molar-refractivity contribution >= 4 is 5.91 Å². The van der Waals surface area contributed by atoms with Crippen molar-refractivity contribution in [3.05, 3.63) is 0 Å². The molecular formula is C17H30N2O. The third kappa shape index (κ3) is 2.18. The molecule has 0 saturated heterocycles. The summed E-state index contributed by atoms with van der Waals surface area (Å²) in [5.41, 5.74) is 6.60. The SMILES string of the molecule is CC12CCC(C1)C(C)(C)C2NC(=O)C1CCCC(N)C1. The van der Waals surface area contributed by atoms with Gasteiger partial charge in [0.25, 0.3) is 0 Å². The summed E-state index contributed by atoms with van der Waals surface area (Å²) in [7, 11) is 0. The summed E-state index contributed by atoms with van der Waals surface area (Å²) >= 11 is 0. The van der Waals surface area contributed by atoms with Gasteiger partial charge in [0.2, 0.25) is 5.91 Å². The van der Waals surface area contributed by atoms with E-state index < -0.39 is 0 Å². The lowest BCUT2D eigenvalue weighted by molar-refractivity contribution is -0.129. The molecule has 3 heteroatoms. The van der Waals surface area contributed by atoms with E-state index in [1.165, 1.54) is 19.3 Å². The lowest BCUT2D eigenvalue weighted by atomic mass is 9.68. The monoisotopic (exact) mass is 278 g/mol. The van der Waals surface area contributed by atoms with Crippen LogP contribution in [0.1, 0.15) is 65.7 Å². The van der Waals surface area contributed by atoms with Crippen molar-refractivity contribution in [1.82, 2.24) is 5.32 Å². The molecule has 0 heterocycles. The Labute approximate surface area is 123 Å². The van der Waals surface area contributed by atoms with E-state index in [1.54, 1.807) is 0 Å². The molecule has 0 aromatic rings. The van der Waals surface area contributed by atoms with E-state index in [0.29, 0.717) is 11.5 Å². The van der Waals surface area contributed by atoms with Gasteiger partial charge in [-0.2, -0.15) is 0 Å². The van der Waals surface area contributed by atoms with E-state index in [1.807, 2.05) is 0 Å². The number of nitrogens with one attached hydrogen (secondary N) is 1. The van der Waals surface area contributed by atoms with E-state index in [4.69, 9.17) is 5.73 Å². The van der Waals surface area contributed by atoms with E-state index in [2.05, 4.69) is 26.1 Å². The minimum absolute atomic E-state index is 0.150. The van der Waals surface area contributed by atoms with E-state index in [0.717, 1.165) is 31.6 Å². The van der Waals surface area contributed by atoms with Gasteiger partial charge in [0.1, 0.15) is 0 Å². The van der Waals surface area contributed by atoms with Crippen LogP contribution in [-0.4, -0.2) is 18.0 Å². The first-order valence-corrected chi connectivity index (χ1v) is 8.39. The summed E-state index contributed by atoms with van der Waals surface area (Å²) in [6.07, 6.45) is 7.98. The third-order valence-electron chi connectivity index (χ3n) is 6.64. The van der Waals surface area contributed by atoms with Gasteiger partial charge in [0.05, 0.1) is 0 Å². The normalized spacial score (nSPS) is 46.4. The Bertz CT molecular complexity index is 401. The Morgan fingerprint density at radius 3 is 2.55 bits per heavy atom. The third-order valence-corrected chi connectivity index (χ3v) is 6.64. The lowest BCUT2D eigenvalue weighted by Gasteiger charge is -2.44. The number of hydrogen-bond acceptors (Lipinski definition) is 2. The van der Waals surface area contributed by atoms with Crippen molar-refractivity contribution in [2.75, 3.05) is 0 Å². The summed E-state index contributed by atoms with van der Waals surface area (Å²) in [6, 6.07) is 0.572. The van der Waals surface area contributed by atoms with Crippen molar-refractivity contribution in [2.24, 2.45) is 28.4 Å². The molecule has 2 bridgehead atoms. The van der Waals surface area contributed by atoms with Gasteiger partial charge < -0.3 is 11.1 Å². The first-order chi connectivity index (χ1) is 9.33. The van der Waals surface area contributed by atoms with Crippen LogP contribution in [0.2, 0.25) is 0 Å². The van der Waals surface area contributed by atoms with E-state index >= 15 is 0 Å². The summed E-state index contributed by atoms with van der Waals surface area (Å²) in [5, 5.41) is 3.44. The van der Waals surface area contributed by atoms with Crippen LogP contribution in [0.15, 0.2) is 0 Å². The van der Waals surface area contributed by atoms with Gasteiger partial charge in [-0.3, -0.25) is 4.79 Å². The van der Waals surface area contributed by atoms with Crippen LogP contribution in [0.5, 0.6) is 0 Å². The summed E-state index contributed by atoms with van der Waals surface area (Å²) < 4.78 is 0. The standard InChI is InChI=1S/C17H30N2O/c1-16(2)12-7-8-17(3,10-12)15(16)19-14(20)11-5-4-6-13(18)9-11/h11-13,15H,4-10,18H2,1-3H3,(H,19,20). The maximum atomic E-state index is 12.6. The van der Waals surface area contributed by atoms with Gasteiger partial charge in [-0.1, -0.05) is 27.2 Å². The van der Waals surface area contributed by atoms with Crippen molar-refractivity contribution in [2.45, 2.75) is 77.8 Å². The largest absolute Gasteiger partial charge is 0.352 e. The minimum Gasteiger partial charge on any atom is -0.352 e. The number of amides is 1. The number of rotatable bonds is 2. The van der Waals surface area contributed by atoms with Crippen LogP contribution in [0, 0.1) is 22.7 Å². The second-order valence-electron chi connectivity index (χ2n) is 8.48. The molecule has 0 aromatic heterocycles. The highest BCUT2D eigenvalue weighted by atomic mass is 16.2. The Balaban J connectivity index is 1.69. The molecule has 114 valence electrons. The molecule has 3 nitrogen and oxygen atoms in total. The molecule has 0 aromatic carbocycles. The van der Waals surface area contributed by atoms with Crippen LogP contribution in [0.25, 0.3) is 0 Å². The zero-order valence-corrected chi connectivity index (χ0v) is 13.2. The fourth-order valence-electron chi connectivity index (χ4n) is 5.39. The predicted molar refractivity (Wildman–Crippen MR) is 81.1 cm³/mol. The summed E-state index contributed by atoms with van der Waals surface area (Å²) in [4.78, 5) is 12.6. The Kier molecular flexibility index (Phi) is 3.39. The zero-order chi connectivity index (χ0) is 14.5. The van der Waals surface area contributed by atoms with Gasteiger partial charge in [-0.05, 0) is 55.3 Å². The molecular weight excluding hydrogens is 248 g/mol. The number of carbonyl (C=O) groups is 1. The first kappa shape index (κ1) is 14.4. The van der Waals surface area contributed by atoms with Gasteiger partial charge in [0, 0.05) is 18.0 Å². The number of carbonyl (C=O) groups excluding carboxylic acids is 1. The fraction of sp³-hybridized carbons (Fsp3) is 0.941. The highest BCUT2D eigenvalue weighted by molar-refractivity contribution is 5.79. The molecule has 3 fully saturated rings.